The molecule has 0 N–H and O–H groups in total. The van der Waals surface area contributed by atoms with Crippen molar-refractivity contribution in [2.75, 3.05) is 6.61 Å². The number of ether oxygens (including phenoxy) is 3. The van der Waals surface area contributed by atoms with E-state index in [0.29, 0.717) is 12.5 Å². The maximum Gasteiger partial charge on any atom is 0.303 e. The molecule has 1 saturated heterocycles. The Morgan fingerprint density at radius 1 is 1.39 bits per heavy atom. The summed E-state index contributed by atoms with van der Waals surface area (Å²) >= 11 is 0. The second-order valence-corrected chi connectivity index (χ2v) is 4.87. The third-order valence-corrected chi connectivity index (χ3v) is 3.59. The second-order valence-electron chi connectivity index (χ2n) is 4.87. The Labute approximate surface area is 109 Å². The van der Waals surface area contributed by atoms with Crippen LogP contribution in [0, 0.1) is 11.8 Å². The van der Waals surface area contributed by atoms with Crippen LogP contribution in [0.5, 0.6) is 0 Å². The lowest BCUT2D eigenvalue weighted by Gasteiger charge is -2.43. The van der Waals surface area contributed by atoms with Crippen molar-refractivity contribution in [1.82, 2.24) is 0 Å². The van der Waals surface area contributed by atoms with Crippen LogP contribution in [0.15, 0.2) is 12.7 Å². The summed E-state index contributed by atoms with van der Waals surface area (Å²) in [5, 5.41) is 0. The largest absolute Gasteiger partial charge is 0.457 e. The van der Waals surface area contributed by atoms with Gasteiger partial charge in [-0.05, 0) is 12.3 Å². The van der Waals surface area contributed by atoms with Crippen molar-refractivity contribution in [3.8, 4) is 0 Å². The lowest BCUT2D eigenvalue weighted by molar-refractivity contribution is -0.271. The second kappa shape index (κ2) is 6.90. The van der Waals surface area contributed by atoms with E-state index in [0.717, 1.165) is 6.42 Å². The van der Waals surface area contributed by atoms with Crippen LogP contribution >= 0.6 is 0 Å². The first kappa shape index (κ1) is 15.2. The maximum atomic E-state index is 11.2. The SMILES string of the molecule is C=CCOC1OC(CC)C(C)C(C)C1OC(C)=O. The van der Waals surface area contributed by atoms with Crippen LogP contribution < -0.4 is 0 Å². The molecule has 0 saturated carbocycles. The minimum atomic E-state index is -0.497. The molecular weight excluding hydrogens is 232 g/mol. The number of carbonyl (C=O) groups is 1. The highest BCUT2D eigenvalue weighted by Gasteiger charge is 2.43. The Morgan fingerprint density at radius 2 is 2.06 bits per heavy atom. The lowest BCUT2D eigenvalue weighted by Crippen LogP contribution is -2.51. The van der Waals surface area contributed by atoms with Crippen molar-refractivity contribution in [1.29, 1.82) is 0 Å². The summed E-state index contributed by atoms with van der Waals surface area (Å²) in [6.45, 7) is 11.7. The fraction of sp³-hybridized carbons (Fsp3) is 0.786. The third kappa shape index (κ3) is 3.56. The van der Waals surface area contributed by atoms with Gasteiger partial charge in [0.15, 0.2) is 12.4 Å². The molecule has 4 heteroatoms. The average molecular weight is 256 g/mol. The van der Waals surface area contributed by atoms with Crippen LogP contribution in [0.1, 0.15) is 34.1 Å². The summed E-state index contributed by atoms with van der Waals surface area (Å²) < 4.78 is 16.8. The maximum absolute atomic E-state index is 11.2. The molecule has 1 heterocycles. The molecule has 0 aromatic rings. The van der Waals surface area contributed by atoms with E-state index in [-0.39, 0.29) is 24.1 Å². The van der Waals surface area contributed by atoms with Gasteiger partial charge in [0.05, 0.1) is 12.7 Å². The third-order valence-electron chi connectivity index (χ3n) is 3.59. The van der Waals surface area contributed by atoms with E-state index >= 15 is 0 Å². The first-order valence-corrected chi connectivity index (χ1v) is 6.56. The fourth-order valence-corrected chi connectivity index (χ4v) is 2.38. The Kier molecular flexibility index (Phi) is 5.82. The molecule has 0 radical (unpaired) electrons. The number of esters is 1. The van der Waals surface area contributed by atoms with Crippen molar-refractivity contribution in [2.45, 2.75) is 52.6 Å². The molecule has 4 nitrogen and oxygen atoms in total. The Balaban J connectivity index is 2.79. The summed E-state index contributed by atoms with van der Waals surface area (Å²) in [7, 11) is 0. The molecular formula is C14H24O4. The molecule has 0 bridgehead atoms. The minimum absolute atomic E-state index is 0.140. The molecule has 1 aliphatic heterocycles. The Morgan fingerprint density at radius 3 is 2.56 bits per heavy atom. The van der Waals surface area contributed by atoms with Gasteiger partial charge in [-0.1, -0.05) is 26.8 Å². The van der Waals surface area contributed by atoms with Gasteiger partial charge in [0.25, 0.3) is 0 Å². The summed E-state index contributed by atoms with van der Waals surface area (Å²) in [5.41, 5.74) is 0. The lowest BCUT2D eigenvalue weighted by atomic mass is 9.82. The van der Waals surface area contributed by atoms with Crippen molar-refractivity contribution >= 4 is 5.97 Å². The first-order valence-electron chi connectivity index (χ1n) is 6.56. The predicted octanol–water partition coefficient (Wildman–Crippen LogP) is 2.53. The van der Waals surface area contributed by atoms with Gasteiger partial charge < -0.3 is 14.2 Å². The highest BCUT2D eigenvalue weighted by Crippen LogP contribution is 2.34. The van der Waals surface area contributed by atoms with Crippen molar-refractivity contribution < 1.29 is 19.0 Å². The van der Waals surface area contributed by atoms with Crippen LogP contribution in [0.4, 0.5) is 0 Å². The Hall–Kier alpha value is -0.870. The molecule has 0 spiro atoms. The molecule has 0 aliphatic carbocycles. The summed E-state index contributed by atoms with van der Waals surface area (Å²) in [6, 6.07) is 0. The zero-order valence-corrected chi connectivity index (χ0v) is 11.7. The van der Waals surface area contributed by atoms with Gasteiger partial charge in [0, 0.05) is 12.8 Å². The van der Waals surface area contributed by atoms with E-state index < -0.39 is 6.29 Å². The van der Waals surface area contributed by atoms with E-state index in [1.807, 2.05) is 0 Å². The van der Waals surface area contributed by atoms with Crippen LogP contribution in [0.3, 0.4) is 0 Å². The first-order chi connectivity index (χ1) is 8.51. The molecule has 0 amide bonds. The minimum Gasteiger partial charge on any atom is -0.457 e. The van der Waals surface area contributed by atoms with E-state index in [9.17, 15) is 4.79 Å². The van der Waals surface area contributed by atoms with Crippen LogP contribution in [0.2, 0.25) is 0 Å². The molecule has 104 valence electrons. The fourth-order valence-electron chi connectivity index (χ4n) is 2.38. The van der Waals surface area contributed by atoms with Gasteiger partial charge in [-0.25, -0.2) is 0 Å². The van der Waals surface area contributed by atoms with E-state index in [4.69, 9.17) is 14.2 Å². The smallest absolute Gasteiger partial charge is 0.303 e. The van der Waals surface area contributed by atoms with Gasteiger partial charge in [-0.2, -0.15) is 0 Å². The highest BCUT2D eigenvalue weighted by atomic mass is 16.7. The van der Waals surface area contributed by atoms with Crippen LogP contribution in [-0.4, -0.2) is 31.1 Å². The zero-order chi connectivity index (χ0) is 13.7. The molecule has 1 fully saturated rings. The van der Waals surface area contributed by atoms with E-state index in [1.54, 1.807) is 6.08 Å². The highest BCUT2D eigenvalue weighted by molar-refractivity contribution is 5.66. The van der Waals surface area contributed by atoms with E-state index in [1.165, 1.54) is 6.92 Å². The summed E-state index contributed by atoms with van der Waals surface area (Å²) in [5.74, 6) is 0.246. The summed E-state index contributed by atoms with van der Waals surface area (Å²) in [4.78, 5) is 11.2. The van der Waals surface area contributed by atoms with Crippen molar-refractivity contribution in [3.05, 3.63) is 12.7 Å². The van der Waals surface area contributed by atoms with Gasteiger partial charge >= 0.3 is 5.97 Å². The van der Waals surface area contributed by atoms with Gasteiger partial charge in [-0.15, -0.1) is 6.58 Å². The predicted molar refractivity (Wildman–Crippen MR) is 69.0 cm³/mol. The molecule has 18 heavy (non-hydrogen) atoms. The number of carbonyl (C=O) groups excluding carboxylic acids is 1. The van der Waals surface area contributed by atoms with Gasteiger partial charge in [-0.3, -0.25) is 4.79 Å². The van der Waals surface area contributed by atoms with Crippen LogP contribution in [0.25, 0.3) is 0 Å². The Bertz CT molecular complexity index is 290. The topological polar surface area (TPSA) is 44.8 Å². The number of rotatable bonds is 5. The van der Waals surface area contributed by atoms with Crippen LogP contribution in [-0.2, 0) is 19.0 Å². The number of hydrogen-bond donors (Lipinski definition) is 0. The monoisotopic (exact) mass is 256 g/mol. The molecule has 5 unspecified atom stereocenters. The van der Waals surface area contributed by atoms with Gasteiger partial charge in [0.1, 0.15) is 0 Å². The van der Waals surface area contributed by atoms with Crippen molar-refractivity contribution in [3.63, 3.8) is 0 Å². The summed E-state index contributed by atoms with van der Waals surface area (Å²) in [6.07, 6.45) is 1.88. The quantitative estimate of drug-likeness (QED) is 0.560. The van der Waals surface area contributed by atoms with Gasteiger partial charge in [0.2, 0.25) is 0 Å². The zero-order valence-electron chi connectivity index (χ0n) is 11.7. The molecule has 0 aromatic heterocycles. The molecule has 1 aliphatic rings. The molecule has 0 aromatic carbocycles. The normalized spacial score (nSPS) is 36.1. The van der Waals surface area contributed by atoms with Crippen molar-refractivity contribution in [2.24, 2.45) is 11.8 Å². The number of hydrogen-bond acceptors (Lipinski definition) is 4. The average Bonchev–Trinajstić information content (AvgIpc) is 2.33. The standard InChI is InChI=1S/C14H24O4/c1-6-8-16-14-13(17-11(5)15)10(4)9(3)12(7-2)18-14/h6,9-10,12-14H,1,7-8H2,2-5H3. The molecule has 1 rings (SSSR count). The van der Waals surface area contributed by atoms with E-state index in [2.05, 4.69) is 27.4 Å². The molecule has 5 atom stereocenters.